The molecule has 0 saturated carbocycles. The molecule has 1 aromatic carbocycles. The van der Waals surface area contributed by atoms with Gasteiger partial charge in [0.15, 0.2) is 14.1 Å². The second-order valence-corrected chi connectivity index (χ2v) is 13.6. The summed E-state index contributed by atoms with van der Waals surface area (Å²) < 4.78 is 18.7. The molecule has 0 aliphatic heterocycles. The van der Waals surface area contributed by atoms with Crippen LogP contribution in [0.4, 0.5) is 0 Å². The van der Waals surface area contributed by atoms with Gasteiger partial charge in [0.1, 0.15) is 6.10 Å². The lowest BCUT2D eigenvalue weighted by Crippen LogP contribution is -2.47. The Hall–Kier alpha value is -0.783. The van der Waals surface area contributed by atoms with E-state index in [9.17, 15) is 9.00 Å². The van der Waals surface area contributed by atoms with E-state index in [2.05, 4.69) is 33.9 Å². The molecule has 0 aliphatic rings. The quantitative estimate of drug-likeness (QED) is 0.733. The minimum Gasteiger partial charge on any atom is -0.406 e. The molecular formula is C17H28O3SSi. The molecule has 0 amide bonds. The van der Waals surface area contributed by atoms with E-state index >= 15 is 0 Å². The third-order valence-corrected chi connectivity index (χ3v) is 10.2. The molecule has 0 radical (unpaired) electrons. The zero-order valence-corrected chi connectivity index (χ0v) is 16.5. The van der Waals surface area contributed by atoms with E-state index in [1.165, 1.54) is 6.92 Å². The third-order valence-electron chi connectivity index (χ3n) is 4.28. The Morgan fingerprint density at radius 2 is 1.73 bits per heavy atom. The Morgan fingerprint density at radius 3 is 2.14 bits per heavy atom. The van der Waals surface area contributed by atoms with Gasteiger partial charge in [-0.2, -0.15) is 0 Å². The van der Waals surface area contributed by atoms with Gasteiger partial charge >= 0.3 is 0 Å². The van der Waals surface area contributed by atoms with Crippen molar-refractivity contribution in [2.24, 2.45) is 0 Å². The summed E-state index contributed by atoms with van der Waals surface area (Å²) in [5.74, 6) is 0.176. The summed E-state index contributed by atoms with van der Waals surface area (Å²) in [5.41, 5.74) is 1.13. The summed E-state index contributed by atoms with van der Waals surface area (Å²) in [6.45, 7) is 14.1. The standard InChI is InChI=1S/C17H28O3SSi/c1-13-8-10-15(11-9-13)21(19)12-16(14(2)18)20-22(6,7)17(3,4)5/h8-11,16H,12H2,1-7H3/t16-,21?/m1/s1. The molecule has 5 heteroatoms. The Balaban J connectivity index is 2.87. The topological polar surface area (TPSA) is 43.4 Å². The average Bonchev–Trinajstić information content (AvgIpc) is 2.36. The first-order valence-corrected chi connectivity index (χ1v) is 11.8. The van der Waals surface area contributed by atoms with Crippen molar-refractivity contribution in [2.75, 3.05) is 5.75 Å². The van der Waals surface area contributed by atoms with Crippen LogP contribution in [0.15, 0.2) is 29.2 Å². The van der Waals surface area contributed by atoms with Crippen molar-refractivity contribution in [3.63, 3.8) is 0 Å². The molecular weight excluding hydrogens is 312 g/mol. The van der Waals surface area contributed by atoms with E-state index in [4.69, 9.17) is 4.43 Å². The van der Waals surface area contributed by atoms with Gasteiger partial charge in [-0.1, -0.05) is 38.5 Å². The van der Waals surface area contributed by atoms with Crippen molar-refractivity contribution >= 4 is 24.9 Å². The van der Waals surface area contributed by atoms with Crippen LogP contribution in [0.2, 0.25) is 18.1 Å². The fourth-order valence-corrected chi connectivity index (χ4v) is 4.34. The van der Waals surface area contributed by atoms with E-state index in [0.717, 1.165) is 10.5 Å². The maximum atomic E-state index is 12.5. The maximum absolute atomic E-state index is 12.5. The first kappa shape index (κ1) is 19.3. The van der Waals surface area contributed by atoms with Gasteiger partial charge in [-0.15, -0.1) is 0 Å². The number of rotatable bonds is 6. The van der Waals surface area contributed by atoms with Crippen LogP contribution >= 0.6 is 0 Å². The lowest BCUT2D eigenvalue weighted by Gasteiger charge is -2.38. The van der Waals surface area contributed by atoms with Crippen molar-refractivity contribution in [2.45, 2.75) is 63.8 Å². The zero-order valence-electron chi connectivity index (χ0n) is 14.7. The van der Waals surface area contributed by atoms with E-state index in [-0.39, 0.29) is 16.6 Å². The predicted octanol–water partition coefficient (Wildman–Crippen LogP) is 4.08. The molecule has 0 saturated heterocycles. The van der Waals surface area contributed by atoms with Gasteiger partial charge in [0.05, 0.1) is 16.6 Å². The number of ketones is 1. The lowest BCUT2D eigenvalue weighted by molar-refractivity contribution is -0.123. The van der Waals surface area contributed by atoms with E-state index in [1.54, 1.807) is 0 Å². The molecule has 3 nitrogen and oxygen atoms in total. The molecule has 0 aromatic heterocycles. The number of benzene rings is 1. The van der Waals surface area contributed by atoms with Gasteiger partial charge in [0.25, 0.3) is 0 Å². The Morgan fingerprint density at radius 1 is 1.23 bits per heavy atom. The SMILES string of the molecule is CC(=O)[C@@H](CS(=O)c1ccc(C)cc1)O[Si](C)(C)C(C)(C)C. The van der Waals surface area contributed by atoms with Crippen molar-refractivity contribution in [1.29, 1.82) is 0 Å². The average molecular weight is 341 g/mol. The highest BCUT2D eigenvalue weighted by molar-refractivity contribution is 7.85. The van der Waals surface area contributed by atoms with Gasteiger partial charge in [0.2, 0.25) is 0 Å². The van der Waals surface area contributed by atoms with Crippen LogP contribution < -0.4 is 0 Å². The fraction of sp³-hybridized carbons (Fsp3) is 0.588. The molecule has 124 valence electrons. The predicted molar refractivity (Wildman–Crippen MR) is 95.2 cm³/mol. The number of aryl methyl sites for hydroxylation is 1. The van der Waals surface area contributed by atoms with Gasteiger partial charge in [0, 0.05) is 4.90 Å². The van der Waals surface area contributed by atoms with Gasteiger partial charge in [-0.25, -0.2) is 0 Å². The highest BCUT2D eigenvalue weighted by Gasteiger charge is 2.40. The summed E-state index contributed by atoms with van der Waals surface area (Å²) in [5, 5.41) is 0.0199. The minimum absolute atomic E-state index is 0.0199. The maximum Gasteiger partial charge on any atom is 0.193 e. The van der Waals surface area contributed by atoms with E-state index < -0.39 is 25.2 Å². The van der Waals surface area contributed by atoms with Crippen molar-refractivity contribution in [3.8, 4) is 0 Å². The monoisotopic (exact) mass is 340 g/mol. The van der Waals surface area contributed by atoms with Crippen LogP contribution in [0, 0.1) is 6.92 Å². The molecule has 0 bridgehead atoms. The second-order valence-electron chi connectivity index (χ2n) is 7.30. The number of Topliss-reactive ketones (excluding diaryl/α,β-unsaturated/α-hetero) is 1. The number of hydrogen-bond donors (Lipinski definition) is 0. The molecule has 0 fully saturated rings. The van der Waals surface area contributed by atoms with Gasteiger partial charge < -0.3 is 4.43 Å². The van der Waals surface area contributed by atoms with Crippen LogP contribution in [-0.2, 0) is 20.0 Å². The Kier molecular flexibility index (Phi) is 6.30. The van der Waals surface area contributed by atoms with Crippen molar-refractivity contribution in [1.82, 2.24) is 0 Å². The highest BCUT2D eigenvalue weighted by atomic mass is 32.2. The minimum atomic E-state index is -2.06. The van der Waals surface area contributed by atoms with Crippen LogP contribution in [0.25, 0.3) is 0 Å². The highest BCUT2D eigenvalue weighted by Crippen LogP contribution is 2.37. The van der Waals surface area contributed by atoms with Crippen LogP contribution in [0.5, 0.6) is 0 Å². The largest absolute Gasteiger partial charge is 0.406 e. The van der Waals surface area contributed by atoms with Crippen molar-refractivity contribution < 1.29 is 13.4 Å². The summed E-state index contributed by atoms with van der Waals surface area (Å²) >= 11 is 0. The molecule has 1 rings (SSSR count). The van der Waals surface area contributed by atoms with Crippen LogP contribution in [0.1, 0.15) is 33.3 Å². The van der Waals surface area contributed by atoms with Crippen molar-refractivity contribution in [3.05, 3.63) is 29.8 Å². The molecule has 1 unspecified atom stereocenters. The summed E-state index contributed by atoms with van der Waals surface area (Å²) in [6, 6.07) is 7.58. The van der Waals surface area contributed by atoms with E-state index in [1.807, 2.05) is 31.2 Å². The first-order valence-electron chi connectivity index (χ1n) is 7.57. The van der Waals surface area contributed by atoms with Crippen LogP contribution in [-0.4, -0.2) is 30.2 Å². The molecule has 0 N–H and O–H groups in total. The second kappa shape index (κ2) is 7.19. The lowest BCUT2D eigenvalue weighted by atomic mass is 10.2. The first-order chi connectivity index (χ1) is 9.94. The smallest absolute Gasteiger partial charge is 0.193 e. The Labute approximate surface area is 138 Å². The third kappa shape index (κ3) is 5.14. The Bertz CT molecular complexity index is 544. The molecule has 0 spiro atoms. The molecule has 0 heterocycles. The van der Waals surface area contributed by atoms with E-state index in [0.29, 0.717) is 0 Å². The van der Waals surface area contributed by atoms with Crippen LogP contribution in [0.3, 0.4) is 0 Å². The summed E-state index contributed by atoms with van der Waals surface area (Å²) in [4.78, 5) is 12.7. The molecule has 1 aromatic rings. The number of carbonyl (C=O) groups is 1. The van der Waals surface area contributed by atoms with Gasteiger partial charge in [-0.05, 0) is 44.1 Å². The molecule has 0 aliphatic carbocycles. The summed E-state index contributed by atoms with van der Waals surface area (Å²) in [6.07, 6.45) is -0.594. The fourth-order valence-electron chi connectivity index (χ4n) is 1.69. The normalized spacial score (nSPS) is 15.4. The number of hydrogen-bond acceptors (Lipinski definition) is 3. The molecule has 22 heavy (non-hydrogen) atoms. The molecule has 2 atom stereocenters. The summed E-state index contributed by atoms with van der Waals surface area (Å²) in [7, 11) is -3.29. The zero-order chi connectivity index (χ0) is 17.1. The number of carbonyl (C=O) groups excluding carboxylic acids is 1. The van der Waals surface area contributed by atoms with Gasteiger partial charge in [-0.3, -0.25) is 9.00 Å².